The molecule has 0 saturated heterocycles. The van der Waals surface area contributed by atoms with Gasteiger partial charge in [-0.1, -0.05) is 32.9 Å². The van der Waals surface area contributed by atoms with Crippen molar-refractivity contribution in [3.63, 3.8) is 0 Å². The maximum absolute atomic E-state index is 5.60. The van der Waals surface area contributed by atoms with E-state index >= 15 is 0 Å². The molecule has 24 heavy (non-hydrogen) atoms. The Hall–Kier alpha value is -1.02. The summed E-state index contributed by atoms with van der Waals surface area (Å²) in [6.07, 6.45) is 2.76. The monoisotopic (exact) mass is 341 g/mol. The van der Waals surface area contributed by atoms with E-state index in [4.69, 9.17) is 9.47 Å². The van der Waals surface area contributed by atoms with Crippen LogP contribution in [0.25, 0.3) is 0 Å². The molecule has 2 N–H and O–H groups in total. The molecular formula is C17H35N5O2. The van der Waals surface area contributed by atoms with E-state index in [1.54, 1.807) is 0 Å². The molecule has 0 atom stereocenters. The topological polar surface area (TPSA) is 73.2 Å². The number of nitrogens with one attached hydrogen (secondary N) is 2. The highest BCUT2D eigenvalue weighted by molar-refractivity contribution is 4.94. The van der Waals surface area contributed by atoms with Gasteiger partial charge in [-0.15, -0.1) is 5.10 Å². The first kappa shape index (κ1) is 21.0. The summed E-state index contributed by atoms with van der Waals surface area (Å²) in [5.74, 6) is 0.677. The van der Waals surface area contributed by atoms with Gasteiger partial charge in [0.1, 0.15) is 0 Å². The van der Waals surface area contributed by atoms with Crippen LogP contribution in [0.1, 0.15) is 33.4 Å². The Bertz CT molecular complexity index is 409. The summed E-state index contributed by atoms with van der Waals surface area (Å²) in [5.41, 5.74) is 1.14. The van der Waals surface area contributed by atoms with E-state index in [0.717, 1.165) is 44.9 Å². The van der Waals surface area contributed by atoms with Crippen molar-refractivity contribution in [3.8, 4) is 0 Å². The molecule has 1 aromatic rings. The molecule has 140 valence electrons. The Labute approximate surface area is 146 Å². The second-order valence-electron chi connectivity index (χ2n) is 6.63. The Morgan fingerprint density at radius 2 is 1.79 bits per heavy atom. The first-order valence-corrected chi connectivity index (χ1v) is 9.06. The van der Waals surface area contributed by atoms with E-state index in [-0.39, 0.29) is 0 Å². The van der Waals surface area contributed by atoms with Crippen LogP contribution in [0.5, 0.6) is 0 Å². The fourth-order valence-corrected chi connectivity index (χ4v) is 2.16. The summed E-state index contributed by atoms with van der Waals surface area (Å²) < 4.78 is 13.0. The second kappa shape index (κ2) is 13.3. The fraction of sp³-hybridized carbons (Fsp3) is 0.882. The van der Waals surface area contributed by atoms with Crippen LogP contribution in [-0.2, 0) is 22.4 Å². The first-order valence-electron chi connectivity index (χ1n) is 9.06. The number of hydrogen-bond donors (Lipinski definition) is 2. The quantitative estimate of drug-likeness (QED) is 0.465. The van der Waals surface area contributed by atoms with E-state index in [1.165, 1.54) is 0 Å². The molecule has 0 spiro atoms. The molecule has 0 aromatic carbocycles. The number of nitrogens with zero attached hydrogens (tertiary/aromatic N) is 3. The molecule has 7 heteroatoms. The second-order valence-corrected chi connectivity index (χ2v) is 6.63. The van der Waals surface area contributed by atoms with Crippen LogP contribution in [0, 0.1) is 5.92 Å². The zero-order valence-corrected chi connectivity index (χ0v) is 15.8. The van der Waals surface area contributed by atoms with Gasteiger partial charge in [0.25, 0.3) is 0 Å². The van der Waals surface area contributed by atoms with Crippen molar-refractivity contribution in [2.75, 3.05) is 46.1 Å². The summed E-state index contributed by atoms with van der Waals surface area (Å²) in [4.78, 5) is 0. The third kappa shape index (κ3) is 10.7. The number of hydrogen-bond acceptors (Lipinski definition) is 6. The molecule has 1 aromatic heterocycles. The van der Waals surface area contributed by atoms with Gasteiger partial charge in [-0.05, 0) is 12.5 Å². The van der Waals surface area contributed by atoms with Gasteiger partial charge in [0.05, 0.1) is 44.9 Å². The van der Waals surface area contributed by atoms with Crippen molar-refractivity contribution in [1.29, 1.82) is 0 Å². The lowest BCUT2D eigenvalue weighted by atomic mass is 10.2. The fourth-order valence-electron chi connectivity index (χ4n) is 2.16. The molecule has 1 rings (SSSR count). The van der Waals surface area contributed by atoms with Gasteiger partial charge in [0.2, 0.25) is 0 Å². The van der Waals surface area contributed by atoms with Crippen molar-refractivity contribution >= 4 is 0 Å². The predicted molar refractivity (Wildman–Crippen MR) is 96.2 cm³/mol. The molecule has 0 bridgehead atoms. The Morgan fingerprint density at radius 3 is 2.50 bits per heavy atom. The van der Waals surface area contributed by atoms with Gasteiger partial charge in [0, 0.05) is 25.6 Å². The summed E-state index contributed by atoms with van der Waals surface area (Å²) in [6.45, 7) is 14.9. The SMILES string of the molecule is CC(C)CNCCOCCOCCn1nncc1CCNC(C)C. The van der Waals surface area contributed by atoms with Crippen molar-refractivity contribution in [1.82, 2.24) is 25.6 Å². The standard InChI is InChI=1S/C17H35N5O2/c1-15(2)13-18-7-9-23-11-12-24-10-8-22-17(14-20-21-22)5-6-19-16(3)4/h14-16,18-19H,5-13H2,1-4H3. The zero-order valence-electron chi connectivity index (χ0n) is 15.8. The van der Waals surface area contributed by atoms with Crippen molar-refractivity contribution in [2.45, 2.75) is 46.7 Å². The lowest BCUT2D eigenvalue weighted by Crippen LogP contribution is -2.26. The highest BCUT2D eigenvalue weighted by atomic mass is 16.5. The largest absolute Gasteiger partial charge is 0.378 e. The predicted octanol–water partition coefficient (Wildman–Crippen LogP) is 1.10. The van der Waals surface area contributed by atoms with Crippen LogP contribution in [0.4, 0.5) is 0 Å². The maximum atomic E-state index is 5.60. The molecule has 0 aliphatic carbocycles. The van der Waals surface area contributed by atoms with Crippen LogP contribution in [-0.4, -0.2) is 67.1 Å². The van der Waals surface area contributed by atoms with Gasteiger partial charge in [-0.25, -0.2) is 4.68 Å². The molecule has 0 amide bonds. The highest BCUT2D eigenvalue weighted by Gasteiger charge is 2.04. The average Bonchev–Trinajstić information content (AvgIpc) is 2.96. The molecular weight excluding hydrogens is 306 g/mol. The molecule has 1 heterocycles. The van der Waals surface area contributed by atoms with E-state index in [9.17, 15) is 0 Å². The van der Waals surface area contributed by atoms with E-state index < -0.39 is 0 Å². The summed E-state index contributed by atoms with van der Waals surface area (Å²) in [6, 6.07) is 0.498. The van der Waals surface area contributed by atoms with Gasteiger partial charge >= 0.3 is 0 Å². The van der Waals surface area contributed by atoms with Gasteiger partial charge < -0.3 is 20.1 Å². The molecule has 0 aliphatic rings. The highest BCUT2D eigenvalue weighted by Crippen LogP contribution is 1.98. The van der Waals surface area contributed by atoms with Gasteiger partial charge in [-0.3, -0.25) is 0 Å². The molecule has 0 fully saturated rings. The molecule has 0 radical (unpaired) electrons. The minimum absolute atomic E-state index is 0.498. The van der Waals surface area contributed by atoms with E-state index in [0.29, 0.717) is 31.8 Å². The van der Waals surface area contributed by atoms with Gasteiger partial charge in [-0.2, -0.15) is 0 Å². The van der Waals surface area contributed by atoms with Crippen LogP contribution in [0.2, 0.25) is 0 Å². The number of aromatic nitrogens is 3. The molecule has 0 unspecified atom stereocenters. The third-order valence-electron chi connectivity index (χ3n) is 3.43. The molecule has 0 saturated carbocycles. The minimum Gasteiger partial charge on any atom is -0.378 e. The molecule has 7 nitrogen and oxygen atoms in total. The van der Waals surface area contributed by atoms with E-state index in [1.807, 2.05) is 10.9 Å². The normalized spacial score (nSPS) is 11.8. The van der Waals surface area contributed by atoms with Crippen LogP contribution in [0.15, 0.2) is 6.20 Å². The third-order valence-corrected chi connectivity index (χ3v) is 3.43. The Kier molecular flexibility index (Phi) is 11.6. The average molecular weight is 342 g/mol. The summed E-state index contributed by atoms with van der Waals surface area (Å²) >= 11 is 0. The first-order chi connectivity index (χ1) is 11.6. The summed E-state index contributed by atoms with van der Waals surface area (Å²) in [5, 5.41) is 14.8. The lowest BCUT2D eigenvalue weighted by molar-refractivity contribution is 0.0446. The smallest absolute Gasteiger partial charge is 0.0725 e. The zero-order chi connectivity index (χ0) is 17.6. The Morgan fingerprint density at radius 1 is 1.04 bits per heavy atom. The number of ether oxygens (including phenoxy) is 2. The van der Waals surface area contributed by atoms with Crippen molar-refractivity contribution in [2.24, 2.45) is 5.92 Å². The van der Waals surface area contributed by atoms with Crippen LogP contribution < -0.4 is 10.6 Å². The molecule has 0 aliphatic heterocycles. The van der Waals surface area contributed by atoms with Crippen LogP contribution >= 0.6 is 0 Å². The summed E-state index contributed by atoms with van der Waals surface area (Å²) in [7, 11) is 0. The lowest BCUT2D eigenvalue weighted by Gasteiger charge is -2.10. The maximum Gasteiger partial charge on any atom is 0.0725 e. The van der Waals surface area contributed by atoms with Crippen molar-refractivity contribution in [3.05, 3.63) is 11.9 Å². The van der Waals surface area contributed by atoms with Crippen molar-refractivity contribution < 1.29 is 9.47 Å². The minimum atomic E-state index is 0.498. The Balaban J connectivity index is 1.99. The van der Waals surface area contributed by atoms with E-state index in [2.05, 4.69) is 48.6 Å². The van der Waals surface area contributed by atoms with Crippen LogP contribution in [0.3, 0.4) is 0 Å². The van der Waals surface area contributed by atoms with Gasteiger partial charge in [0.15, 0.2) is 0 Å². The number of rotatable bonds is 15.